The Kier molecular flexibility index (Phi) is 10.0. The van der Waals surface area contributed by atoms with Crippen molar-refractivity contribution in [3.63, 3.8) is 0 Å². The van der Waals surface area contributed by atoms with Crippen LogP contribution in [0, 0.1) is 0 Å². The van der Waals surface area contributed by atoms with E-state index in [1.165, 1.54) is 0 Å². The fourth-order valence-electron chi connectivity index (χ4n) is 4.23. The summed E-state index contributed by atoms with van der Waals surface area (Å²) < 4.78 is 12.1. The fraction of sp³-hybridized carbons (Fsp3) is 0.692. The SMILES string of the molecule is CC(C)N(C(=O)Oc1cc([Si](C)(C)C)c(OC(=O)N(C(C)C)C(C)C)cc1[Si](C)(C)C)C(C)C. The third-order valence-corrected chi connectivity index (χ3v) is 9.75. The van der Waals surface area contributed by atoms with E-state index < -0.39 is 16.1 Å². The molecule has 0 aliphatic carbocycles. The number of nitrogens with zero attached hydrogens (tertiary/aromatic N) is 2. The molecule has 0 radical (unpaired) electrons. The number of rotatable bonds is 8. The Morgan fingerprint density at radius 1 is 0.588 bits per heavy atom. The maximum Gasteiger partial charge on any atom is 0.415 e. The quantitative estimate of drug-likeness (QED) is 0.403. The van der Waals surface area contributed by atoms with E-state index in [9.17, 15) is 9.59 Å². The van der Waals surface area contributed by atoms with Gasteiger partial charge in [-0.3, -0.25) is 0 Å². The summed E-state index contributed by atoms with van der Waals surface area (Å²) in [5.41, 5.74) is 0. The first-order valence-corrected chi connectivity index (χ1v) is 19.5. The zero-order chi connectivity index (χ0) is 26.8. The predicted octanol–water partition coefficient (Wildman–Crippen LogP) is 6.01. The average Bonchev–Trinajstić information content (AvgIpc) is 2.59. The van der Waals surface area contributed by atoms with E-state index >= 15 is 0 Å². The molecule has 1 aromatic rings. The highest BCUT2D eigenvalue weighted by molar-refractivity contribution is 6.91. The minimum Gasteiger partial charge on any atom is -0.410 e. The summed E-state index contributed by atoms with van der Waals surface area (Å²) in [6, 6.07) is 4.04. The minimum absolute atomic E-state index is 0.0255. The maximum atomic E-state index is 13.2. The van der Waals surface area contributed by atoms with Crippen molar-refractivity contribution in [2.45, 2.75) is 119 Å². The molecule has 0 unspecified atom stereocenters. The van der Waals surface area contributed by atoms with Gasteiger partial charge in [0.2, 0.25) is 0 Å². The maximum absolute atomic E-state index is 13.2. The molecule has 6 nitrogen and oxygen atoms in total. The Labute approximate surface area is 210 Å². The molecule has 0 bridgehead atoms. The lowest BCUT2D eigenvalue weighted by molar-refractivity contribution is 0.121. The van der Waals surface area contributed by atoms with Gasteiger partial charge in [-0.05, 0) is 77.9 Å². The van der Waals surface area contributed by atoms with Crippen LogP contribution in [-0.4, -0.2) is 62.3 Å². The van der Waals surface area contributed by atoms with Crippen LogP contribution in [0.25, 0.3) is 0 Å². The van der Waals surface area contributed by atoms with Gasteiger partial charge >= 0.3 is 12.2 Å². The van der Waals surface area contributed by atoms with E-state index in [1.54, 1.807) is 9.80 Å². The Balaban J connectivity index is 3.66. The zero-order valence-corrected chi connectivity index (χ0v) is 26.0. The van der Waals surface area contributed by atoms with Crippen LogP contribution < -0.4 is 19.8 Å². The lowest BCUT2D eigenvalue weighted by Crippen LogP contribution is -2.48. The number of benzene rings is 1. The molecule has 0 aliphatic heterocycles. The second kappa shape index (κ2) is 11.3. The largest absolute Gasteiger partial charge is 0.415 e. The summed E-state index contributed by atoms with van der Waals surface area (Å²) in [5.74, 6) is 1.19. The first kappa shape index (κ1) is 30.2. The van der Waals surface area contributed by atoms with E-state index in [1.807, 2.05) is 67.5 Å². The molecule has 0 N–H and O–H groups in total. The van der Waals surface area contributed by atoms with Crippen molar-refractivity contribution in [2.24, 2.45) is 0 Å². The van der Waals surface area contributed by atoms with Crippen molar-refractivity contribution in [1.29, 1.82) is 0 Å². The number of amides is 2. The molecule has 194 valence electrons. The second-order valence-corrected chi connectivity index (χ2v) is 22.3. The van der Waals surface area contributed by atoms with Crippen LogP contribution in [-0.2, 0) is 0 Å². The minimum atomic E-state index is -1.95. The van der Waals surface area contributed by atoms with Crippen molar-refractivity contribution >= 4 is 38.7 Å². The van der Waals surface area contributed by atoms with E-state index in [2.05, 4.69) is 39.3 Å². The van der Waals surface area contributed by atoms with Crippen LogP contribution in [0.15, 0.2) is 12.1 Å². The first-order valence-electron chi connectivity index (χ1n) is 12.5. The van der Waals surface area contributed by atoms with Gasteiger partial charge in [-0.15, -0.1) is 0 Å². The molecule has 1 aromatic carbocycles. The third kappa shape index (κ3) is 7.60. The first-order chi connectivity index (χ1) is 15.3. The van der Waals surface area contributed by atoms with Crippen LogP contribution in [0.1, 0.15) is 55.4 Å². The highest BCUT2D eigenvalue weighted by atomic mass is 28.3. The molecule has 0 saturated heterocycles. The summed E-state index contributed by atoms with van der Waals surface area (Å²) in [6.45, 7) is 29.2. The van der Waals surface area contributed by atoms with Crippen LogP contribution in [0.3, 0.4) is 0 Å². The van der Waals surface area contributed by atoms with Gasteiger partial charge in [-0.2, -0.15) is 0 Å². The molecule has 0 aromatic heterocycles. The van der Waals surface area contributed by atoms with Gasteiger partial charge in [0.25, 0.3) is 0 Å². The standard InChI is InChI=1S/C26H48N2O4Si2/c1-17(2)27(18(3)4)25(29)31-21-15-24(34(12,13)14)22(16-23(21)33(9,10)11)32-26(30)28(19(5)6)20(7)8/h15-20H,1-14H3. The van der Waals surface area contributed by atoms with Gasteiger partial charge in [-0.1, -0.05) is 39.3 Å². The molecule has 2 amide bonds. The van der Waals surface area contributed by atoms with Gasteiger partial charge in [0, 0.05) is 24.2 Å². The molecule has 1 rings (SSSR count). The molecular weight excluding hydrogens is 460 g/mol. The highest BCUT2D eigenvalue weighted by Gasteiger charge is 2.33. The topological polar surface area (TPSA) is 59.1 Å². The lowest BCUT2D eigenvalue weighted by atomic mass is 10.2. The highest BCUT2D eigenvalue weighted by Crippen LogP contribution is 2.25. The fourth-order valence-corrected chi connectivity index (χ4v) is 7.08. The number of hydrogen-bond acceptors (Lipinski definition) is 4. The van der Waals surface area contributed by atoms with Crippen molar-refractivity contribution in [1.82, 2.24) is 9.80 Å². The molecule has 0 saturated carbocycles. The molecule has 0 aliphatic rings. The van der Waals surface area contributed by atoms with E-state index in [4.69, 9.17) is 9.47 Å². The predicted molar refractivity (Wildman–Crippen MR) is 149 cm³/mol. The summed E-state index contributed by atoms with van der Waals surface area (Å²) in [5, 5.41) is 1.94. The van der Waals surface area contributed by atoms with Crippen molar-refractivity contribution < 1.29 is 19.1 Å². The van der Waals surface area contributed by atoms with E-state index in [0.717, 1.165) is 10.4 Å². The monoisotopic (exact) mass is 508 g/mol. The van der Waals surface area contributed by atoms with Crippen molar-refractivity contribution in [2.75, 3.05) is 0 Å². The molecule has 0 atom stereocenters. The van der Waals surface area contributed by atoms with E-state index in [0.29, 0.717) is 11.5 Å². The molecular formula is C26H48N2O4Si2. The second-order valence-electron chi connectivity index (χ2n) is 12.3. The number of ether oxygens (including phenoxy) is 2. The molecule has 34 heavy (non-hydrogen) atoms. The Bertz CT molecular complexity index is 781. The normalized spacial score (nSPS) is 12.5. The van der Waals surface area contributed by atoms with Gasteiger partial charge in [0.1, 0.15) is 11.5 Å². The van der Waals surface area contributed by atoms with Crippen molar-refractivity contribution in [3.05, 3.63) is 12.1 Å². The number of hydrogen-bond donors (Lipinski definition) is 0. The summed E-state index contributed by atoms with van der Waals surface area (Å²) in [7, 11) is -3.91. The zero-order valence-electron chi connectivity index (χ0n) is 24.0. The molecule has 0 heterocycles. The van der Waals surface area contributed by atoms with Crippen LogP contribution >= 0.6 is 0 Å². The van der Waals surface area contributed by atoms with Crippen LogP contribution in [0.2, 0.25) is 39.3 Å². The van der Waals surface area contributed by atoms with Gasteiger partial charge in [0.15, 0.2) is 0 Å². The number of carbonyl (C=O) groups excluding carboxylic acids is 2. The van der Waals surface area contributed by atoms with E-state index in [-0.39, 0.29) is 36.4 Å². The Morgan fingerprint density at radius 3 is 1.00 bits per heavy atom. The average molecular weight is 509 g/mol. The molecule has 0 spiro atoms. The molecule has 0 fully saturated rings. The van der Waals surface area contributed by atoms with Gasteiger partial charge in [0.05, 0.1) is 16.1 Å². The Hall–Kier alpha value is -1.81. The van der Waals surface area contributed by atoms with Crippen LogP contribution in [0.5, 0.6) is 11.5 Å². The van der Waals surface area contributed by atoms with Crippen molar-refractivity contribution in [3.8, 4) is 11.5 Å². The lowest BCUT2D eigenvalue weighted by Gasteiger charge is -2.33. The van der Waals surface area contributed by atoms with Gasteiger partial charge < -0.3 is 19.3 Å². The summed E-state index contributed by atoms with van der Waals surface area (Å²) in [4.78, 5) is 29.9. The van der Waals surface area contributed by atoms with Crippen LogP contribution in [0.4, 0.5) is 9.59 Å². The Morgan fingerprint density at radius 2 is 0.824 bits per heavy atom. The molecule has 8 heteroatoms. The smallest absolute Gasteiger partial charge is 0.410 e. The third-order valence-electron chi connectivity index (χ3n) is 5.74. The number of carbonyl (C=O) groups is 2. The van der Waals surface area contributed by atoms with Gasteiger partial charge in [-0.25, -0.2) is 9.59 Å². The summed E-state index contributed by atoms with van der Waals surface area (Å²) in [6.07, 6.45) is -0.692. The summed E-state index contributed by atoms with van der Waals surface area (Å²) >= 11 is 0.